The van der Waals surface area contributed by atoms with Gasteiger partial charge in [-0.05, 0) is 24.3 Å². The molecule has 0 fully saturated rings. The van der Waals surface area contributed by atoms with Crippen LogP contribution in [0.4, 0.5) is 0 Å². The van der Waals surface area contributed by atoms with Crippen molar-refractivity contribution in [1.82, 2.24) is 9.97 Å². The zero-order valence-corrected chi connectivity index (χ0v) is 16.5. The van der Waals surface area contributed by atoms with Crippen LogP contribution in [-0.2, 0) is 22.6 Å². The minimum Gasteiger partial charge on any atom is -0.496 e. The average molecular weight is 406 g/mol. The van der Waals surface area contributed by atoms with Crippen molar-refractivity contribution in [2.24, 2.45) is 0 Å². The lowest BCUT2D eigenvalue weighted by atomic mass is 10.2. The molecular weight excluding hydrogens is 388 g/mol. The van der Waals surface area contributed by atoms with Gasteiger partial charge in [0.05, 0.1) is 30.5 Å². The SMILES string of the molecule is COc1ccccc1-c1nc(COC(=O)Cc2coc(-c3ccccc3)n2)cs1. The van der Waals surface area contributed by atoms with Gasteiger partial charge in [0.15, 0.2) is 0 Å². The van der Waals surface area contributed by atoms with E-state index < -0.39 is 0 Å². The van der Waals surface area contributed by atoms with E-state index >= 15 is 0 Å². The first-order chi connectivity index (χ1) is 14.2. The molecule has 7 heteroatoms. The van der Waals surface area contributed by atoms with Crippen LogP contribution in [0.15, 0.2) is 70.7 Å². The molecule has 0 aliphatic heterocycles. The van der Waals surface area contributed by atoms with Crippen molar-refractivity contribution < 1.29 is 18.7 Å². The number of para-hydroxylation sites is 1. The van der Waals surface area contributed by atoms with Crippen LogP contribution in [0, 0.1) is 0 Å². The van der Waals surface area contributed by atoms with E-state index in [0.717, 1.165) is 21.9 Å². The molecule has 2 aromatic carbocycles. The van der Waals surface area contributed by atoms with Crippen LogP contribution in [-0.4, -0.2) is 23.0 Å². The molecule has 4 rings (SSSR count). The summed E-state index contributed by atoms with van der Waals surface area (Å²) in [7, 11) is 1.63. The average Bonchev–Trinajstić information content (AvgIpc) is 3.42. The summed E-state index contributed by atoms with van der Waals surface area (Å²) in [6, 6.07) is 17.2. The van der Waals surface area contributed by atoms with Gasteiger partial charge >= 0.3 is 5.97 Å². The minimum atomic E-state index is -0.384. The normalized spacial score (nSPS) is 10.7. The predicted octanol–water partition coefficient (Wildman–Crippen LogP) is 4.76. The minimum absolute atomic E-state index is 0.0415. The number of hydrogen-bond donors (Lipinski definition) is 0. The monoisotopic (exact) mass is 406 g/mol. The van der Waals surface area contributed by atoms with Crippen LogP contribution in [0.25, 0.3) is 22.0 Å². The van der Waals surface area contributed by atoms with Gasteiger partial charge in [0.25, 0.3) is 0 Å². The van der Waals surface area contributed by atoms with Gasteiger partial charge in [-0.15, -0.1) is 11.3 Å². The number of oxazole rings is 1. The smallest absolute Gasteiger partial charge is 0.312 e. The third kappa shape index (κ3) is 4.52. The Morgan fingerprint density at radius 1 is 1.03 bits per heavy atom. The zero-order chi connectivity index (χ0) is 20.1. The summed E-state index contributed by atoms with van der Waals surface area (Å²) in [5, 5.41) is 2.69. The van der Waals surface area contributed by atoms with Crippen molar-refractivity contribution in [1.29, 1.82) is 0 Å². The number of thiazole rings is 1. The molecule has 29 heavy (non-hydrogen) atoms. The summed E-state index contributed by atoms with van der Waals surface area (Å²) in [6.45, 7) is 0.105. The summed E-state index contributed by atoms with van der Waals surface area (Å²) in [4.78, 5) is 21.0. The molecule has 0 spiro atoms. The summed E-state index contributed by atoms with van der Waals surface area (Å²) in [5.41, 5.74) is 2.99. The fourth-order valence-corrected chi connectivity index (χ4v) is 3.61. The van der Waals surface area contributed by atoms with Crippen LogP contribution in [0.3, 0.4) is 0 Å². The first kappa shape index (κ1) is 18.9. The van der Waals surface area contributed by atoms with Crippen molar-refractivity contribution in [3.63, 3.8) is 0 Å². The molecule has 0 unspecified atom stereocenters. The second-order valence-electron chi connectivity index (χ2n) is 6.19. The van der Waals surface area contributed by atoms with Crippen LogP contribution >= 0.6 is 11.3 Å². The van der Waals surface area contributed by atoms with Gasteiger partial charge in [0, 0.05) is 10.9 Å². The lowest BCUT2D eigenvalue weighted by molar-refractivity contribution is -0.144. The van der Waals surface area contributed by atoms with E-state index in [0.29, 0.717) is 17.3 Å². The molecule has 0 radical (unpaired) electrons. The Balaban J connectivity index is 1.35. The van der Waals surface area contributed by atoms with E-state index in [1.165, 1.54) is 17.6 Å². The largest absolute Gasteiger partial charge is 0.496 e. The lowest BCUT2D eigenvalue weighted by Crippen LogP contribution is -2.08. The van der Waals surface area contributed by atoms with Gasteiger partial charge in [-0.1, -0.05) is 30.3 Å². The summed E-state index contributed by atoms with van der Waals surface area (Å²) >= 11 is 1.48. The van der Waals surface area contributed by atoms with Gasteiger partial charge < -0.3 is 13.9 Å². The molecule has 2 aromatic heterocycles. The van der Waals surface area contributed by atoms with E-state index in [-0.39, 0.29) is 19.0 Å². The fourth-order valence-electron chi connectivity index (χ4n) is 2.77. The predicted molar refractivity (Wildman–Crippen MR) is 110 cm³/mol. The van der Waals surface area contributed by atoms with E-state index in [2.05, 4.69) is 9.97 Å². The molecule has 0 amide bonds. The molecule has 0 bridgehead atoms. The first-order valence-electron chi connectivity index (χ1n) is 8.96. The van der Waals surface area contributed by atoms with Gasteiger partial charge in [0.1, 0.15) is 23.6 Å². The number of rotatable bonds is 7. The number of aromatic nitrogens is 2. The standard InChI is InChI=1S/C22H18N2O4S/c1-26-19-10-6-5-9-18(19)22-24-17(14-29-22)13-27-20(25)11-16-12-28-21(23-16)15-7-3-2-4-8-15/h2-10,12,14H,11,13H2,1H3. The molecule has 0 aliphatic carbocycles. The molecule has 2 heterocycles. The third-order valence-electron chi connectivity index (χ3n) is 4.17. The molecule has 0 N–H and O–H groups in total. The maximum Gasteiger partial charge on any atom is 0.312 e. The Kier molecular flexibility index (Phi) is 5.67. The molecule has 6 nitrogen and oxygen atoms in total. The Hall–Kier alpha value is -3.45. The topological polar surface area (TPSA) is 74.5 Å². The Bertz CT molecular complexity index is 1100. The van der Waals surface area contributed by atoms with E-state index in [9.17, 15) is 4.79 Å². The molecule has 0 atom stereocenters. The highest BCUT2D eigenvalue weighted by molar-refractivity contribution is 7.13. The first-order valence-corrected chi connectivity index (χ1v) is 9.84. The number of nitrogens with zero attached hydrogens (tertiary/aromatic N) is 2. The molecular formula is C22H18N2O4S. The third-order valence-corrected chi connectivity index (χ3v) is 5.09. The Morgan fingerprint density at radius 2 is 1.83 bits per heavy atom. The van der Waals surface area contributed by atoms with Crippen LogP contribution in [0.1, 0.15) is 11.4 Å². The van der Waals surface area contributed by atoms with Gasteiger partial charge in [0.2, 0.25) is 5.89 Å². The summed E-state index contributed by atoms with van der Waals surface area (Å²) in [5.74, 6) is 0.852. The van der Waals surface area contributed by atoms with Crippen molar-refractivity contribution in [2.45, 2.75) is 13.0 Å². The lowest BCUT2D eigenvalue weighted by Gasteiger charge is -2.04. The maximum absolute atomic E-state index is 12.2. The number of carbonyl (C=O) groups is 1. The van der Waals surface area contributed by atoms with Gasteiger partial charge in [-0.2, -0.15) is 0 Å². The Morgan fingerprint density at radius 3 is 2.66 bits per heavy atom. The summed E-state index contributed by atoms with van der Waals surface area (Å²) < 4.78 is 16.2. The van der Waals surface area contributed by atoms with E-state index in [1.807, 2.05) is 60.0 Å². The number of ether oxygens (including phenoxy) is 2. The van der Waals surface area contributed by atoms with Crippen LogP contribution in [0.5, 0.6) is 5.75 Å². The van der Waals surface area contributed by atoms with Crippen LogP contribution < -0.4 is 4.74 Å². The Labute approximate surface area is 171 Å². The molecule has 0 saturated heterocycles. The highest BCUT2D eigenvalue weighted by atomic mass is 32.1. The van der Waals surface area contributed by atoms with Crippen molar-refractivity contribution in [3.8, 4) is 27.8 Å². The highest BCUT2D eigenvalue weighted by Gasteiger charge is 2.14. The maximum atomic E-state index is 12.2. The summed E-state index contributed by atoms with van der Waals surface area (Å²) in [6.07, 6.45) is 1.52. The van der Waals surface area contributed by atoms with E-state index in [1.54, 1.807) is 7.11 Å². The van der Waals surface area contributed by atoms with Gasteiger partial charge in [-0.25, -0.2) is 9.97 Å². The highest BCUT2D eigenvalue weighted by Crippen LogP contribution is 2.32. The number of methoxy groups -OCH3 is 1. The van der Waals surface area contributed by atoms with E-state index in [4.69, 9.17) is 13.9 Å². The van der Waals surface area contributed by atoms with Gasteiger partial charge in [-0.3, -0.25) is 4.79 Å². The second kappa shape index (κ2) is 8.70. The van der Waals surface area contributed by atoms with Crippen molar-refractivity contribution in [3.05, 3.63) is 77.6 Å². The fraction of sp³-hybridized carbons (Fsp3) is 0.136. The molecule has 0 saturated carbocycles. The molecule has 146 valence electrons. The van der Waals surface area contributed by atoms with Crippen molar-refractivity contribution in [2.75, 3.05) is 7.11 Å². The number of esters is 1. The molecule has 4 aromatic rings. The number of carbonyl (C=O) groups excluding carboxylic acids is 1. The number of benzene rings is 2. The second-order valence-corrected chi connectivity index (χ2v) is 7.05. The van der Waals surface area contributed by atoms with Crippen molar-refractivity contribution >= 4 is 17.3 Å². The van der Waals surface area contributed by atoms with Crippen LogP contribution in [0.2, 0.25) is 0 Å². The zero-order valence-electron chi connectivity index (χ0n) is 15.7. The quantitative estimate of drug-likeness (QED) is 0.412. The number of hydrogen-bond acceptors (Lipinski definition) is 7. The molecule has 0 aliphatic rings.